The van der Waals surface area contributed by atoms with E-state index in [1.165, 1.54) is 6.07 Å². The number of nitrogens with zero attached hydrogens (tertiary/aromatic N) is 3. The van der Waals surface area contributed by atoms with E-state index in [0.29, 0.717) is 30.3 Å². The first-order valence-corrected chi connectivity index (χ1v) is 8.06. The standard InChI is InChI=1S/C16H22N4O3.ClH/c1-12-14(3-2-4-15(12)20(22)23)16(21)19-9-7-18(8-10-19)13-5-6-17-11-13;/h2-4,13,17H,5-11H2,1H3;1H. The van der Waals surface area contributed by atoms with E-state index in [-0.39, 0.29) is 24.0 Å². The lowest BCUT2D eigenvalue weighted by molar-refractivity contribution is -0.385. The van der Waals surface area contributed by atoms with Gasteiger partial charge in [0.05, 0.1) is 4.92 Å². The van der Waals surface area contributed by atoms with Gasteiger partial charge >= 0.3 is 0 Å². The van der Waals surface area contributed by atoms with Crippen molar-refractivity contribution >= 4 is 24.0 Å². The highest BCUT2D eigenvalue weighted by molar-refractivity contribution is 5.96. The molecule has 1 N–H and O–H groups in total. The first-order valence-electron chi connectivity index (χ1n) is 8.06. The van der Waals surface area contributed by atoms with E-state index in [0.717, 1.165) is 32.6 Å². The number of rotatable bonds is 3. The van der Waals surface area contributed by atoms with Crippen LogP contribution in [0.25, 0.3) is 0 Å². The molecule has 1 unspecified atom stereocenters. The molecule has 0 saturated carbocycles. The maximum Gasteiger partial charge on any atom is 0.273 e. The fraction of sp³-hybridized carbons (Fsp3) is 0.562. The summed E-state index contributed by atoms with van der Waals surface area (Å²) in [6, 6.07) is 5.28. The third-order valence-corrected chi connectivity index (χ3v) is 4.88. The van der Waals surface area contributed by atoms with Gasteiger partial charge in [-0.05, 0) is 26.0 Å². The third-order valence-electron chi connectivity index (χ3n) is 4.88. The van der Waals surface area contributed by atoms with Crippen LogP contribution in [-0.4, -0.2) is 65.9 Å². The molecule has 2 heterocycles. The fourth-order valence-corrected chi connectivity index (χ4v) is 3.46. The van der Waals surface area contributed by atoms with Crippen LogP contribution in [-0.2, 0) is 0 Å². The van der Waals surface area contributed by atoms with E-state index < -0.39 is 4.92 Å². The molecule has 1 aromatic carbocycles. The number of nitro groups is 1. The number of halogens is 1. The average Bonchev–Trinajstić information content (AvgIpc) is 3.09. The summed E-state index contributed by atoms with van der Waals surface area (Å²) in [4.78, 5) is 27.5. The van der Waals surface area contributed by atoms with Crippen molar-refractivity contribution in [2.45, 2.75) is 19.4 Å². The lowest BCUT2D eigenvalue weighted by Crippen LogP contribution is -2.52. The molecule has 0 bridgehead atoms. The summed E-state index contributed by atoms with van der Waals surface area (Å²) < 4.78 is 0. The molecule has 8 heteroatoms. The highest BCUT2D eigenvalue weighted by Gasteiger charge is 2.29. The van der Waals surface area contributed by atoms with Gasteiger partial charge < -0.3 is 10.2 Å². The number of amides is 1. The summed E-state index contributed by atoms with van der Waals surface area (Å²) in [5, 5.41) is 14.4. The van der Waals surface area contributed by atoms with Gasteiger partial charge in [-0.15, -0.1) is 12.4 Å². The van der Waals surface area contributed by atoms with Crippen LogP contribution in [0.4, 0.5) is 5.69 Å². The van der Waals surface area contributed by atoms with Crippen molar-refractivity contribution in [1.82, 2.24) is 15.1 Å². The van der Waals surface area contributed by atoms with Gasteiger partial charge in [0.1, 0.15) is 0 Å². The summed E-state index contributed by atoms with van der Waals surface area (Å²) in [6.45, 7) is 6.83. The van der Waals surface area contributed by atoms with E-state index in [4.69, 9.17) is 0 Å². The Morgan fingerprint density at radius 1 is 1.29 bits per heavy atom. The molecule has 0 aromatic heterocycles. The molecule has 132 valence electrons. The summed E-state index contributed by atoms with van der Waals surface area (Å²) in [5.41, 5.74) is 0.895. The van der Waals surface area contributed by atoms with Gasteiger partial charge in [-0.3, -0.25) is 19.8 Å². The second-order valence-corrected chi connectivity index (χ2v) is 6.18. The zero-order chi connectivity index (χ0) is 16.4. The molecule has 2 fully saturated rings. The second kappa shape index (κ2) is 7.92. The van der Waals surface area contributed by atoms with E-state index in [1.54, 1.807) is 19.1 Å². The molecule has 2 aliphatic rings. The Balaban J connectivity index is 0.00000208. The van der Waals surface area contributed by atoms with Gasteiger partial charge in [-0.2, -0.15) is 0 Å². The summed E-state index contributed by atoms with van der Waals surface area (Å²) in [5.74, 6) is -0.101. The summed E-state index contributed by atoms with van der Waals surface area (Å²) in [7, 11) is 0. The maximum atomic E-state index is 12.7. The lowest BCUT2D eigenvalue weighted by atomic mass is 10.0. The van der Waals surface area contributed by atoms with Crippen molar-refractivity contribution in [3.63, 3.8) is 0 Å². The highest BCUT2D eigenvalue weighted by atomic mass is 35.5. The summed E-state index contributed by atoms with van der Waals surface area (Å²) >= 11 is 0. The minimum Gasteiger partial charge on any atom is -0.336 e. The zero-order valence-corrected chi connectivity index (χ0v) is 14.6. The highest BCUT2D eigenvalue weighted by Crippen LogP contribution is 2.23. The molecule has 0 spiro atoms. The Hall–Kier alpha value is -1.70. The third kappa shape index (κ3) is 3.68. The topological polar surface area (TPSA) is 78.7 Å². The van der Waals surface area contributed by atoms with Crippen LogP contribution >= 0.6 is 12.4 Å². The number of hydrogen-bond donors (Lipinski definition) is 1. The van der Waals surface area contributed by atoms with Gasteiger partial charge in [0.2, 0.25) is 0 Å². The van der Waals surface area contributed by atoms with Gasteiger partial charge in [-0.25, -0.2) is 0 Å². The van der Waals surface area contributed by atoms with Crippen LogP contribution in [0.1, 0.15) is 22.3 Å². The van der Waals surface area contributed by atoms with Crippen molar-refractivity contribution in [3.8, 4) is 0 Å². The quantitative estimate of drug-likeness (QED) is 0.656. The zero-order valence-electron chi connectivity index (χ0n) is 13.7. The van der Waals surface area contributed by atoms with Gasteiger partial charge in [0.25, 0.3) is 11.6 Å². The van der Waals surface area contributed by atoms with E-state index in [2.05, 4.69) is 10.2 Å². The van der Waals surface area contributed by atoms with E-state index >= 15 is 0 Å². The van der Waals surface area contributed by atoms with Crippen molar-refractivity contribution in [3.05, 3.63) is 39.4 Å². The predicted octanol–water partition coefficient (Wildman–Crippen LogP) is 1.44. The van der Waals surface area contributed by atoms with E-state index in [1.807, 2.05) is 4.90 Å². The van der Waals surface area contributed by atoms with Gasteiger partial charge in [0, 0.05) is 56.0 Å². The lowest BCUT2D eigenvalue weighted by Gasteiger charge is -2.38. The monoisotopic (exact) mass is 354 g/mol. The van der Waals surface area contributed by atoms with Gasteiger partial charge in [-0.1, -0.05) is 6.07 Å². The van der Waals surface area contributed by atoms with E-state index in [9.17, 15) is 14.9 Å². The Morgan fingerprint density at radius 3 is 2.58 bits per heavy atom. The molecular formula is C16H23ClN4O3. The number of piperazine rings is 1. The Bertz CT molecular complexity index is 611. The fourth-order valence-electron chi connectivity index (χ4n) is 3.46. The predicted molar refractivity (Wildman–Crippen MR) is 93.8 cm³/mol. The number of benzene rings is 1. The van der Waals surface area contributed by atoms with Gasteiger partial charge in [0.15, 0.2) is 0 Å². The summed E-state index contributed by atoms with van der Waals surface area (Å²) in [6.07, 6.45) is 1.16. The molecule has 2 saturated heterocycles. The van der Waals surface area contributed by atoms with Crippen LogP contribution < -0.4 is 5.32 Å². The number of nitro benzene ring substituents is 1. The van der Waals surface area contributed by atoms with Crippen molar-refractivity contribution in [2.24, 2.45) is 0 Å². The molecule has 3 rings (SSSR count). The Morgan fingerprint density at radius 2 is 2.00 bits per heavy atom. The first kappa shape index (κ1) is 18.6. The van der Waals surface area contributed by atoms with Crippen LogP contribution in [0.5, 0.6) is 0 Å². The molecule has 1 amide bonds. The van der Waals surface area contributed by atoms with Crippen LogP contribution in [0, 0.1) is 17.0 Å². The maximum absolute atomic E-state index is 12.7. The molecular weight excluding hydrogens is 332 g/mol. The number of nitrogens with one attached hydrogen (secondary N) is 1. The number of carbonyl (C=O) groups is 1. The first-order chi connectivity index (χ1) is 11.1. The second-order valence-electron chi connectivity index (χ2n) is 6.18. The van der Waals surface area contributed by atoms with Crippen molar-refractivity contribution < 1.29 is 9.72 Å². The molecule has 7 nitrogen and oxygen atoms in total. The SMILES string of the molecule is Cc1c(C(=O)N2CCN(C3CCNC3)CC2)cccc1[N+](=O)[O-].Cl. The normalized spacial score (nSPS) is 21.4. The smallest absolute Gasteiger partial charge is 0.273 e. The molecule has 1 aromatic rings. The van der Waals surface area contributed by atoms with Crippen molar-refractivity contribution in [2.75, 3.05) is 39.3 Å². The Labute approximate surface area is 147 Å². The average molecular weight is 355 g/mol. The van der Waals surface area contributed by atoms with Crippen LogP contribution in [0.2, 0.25) is 0 Å². The largest absolute Gasteiger partial charge is 0.336 e. The molecule has 0 radical (unpaired) electrons. The molecule has 2 aliphatic heterocycles. The van der Waals surface area contributed by atoms with Crippen LogP contribution in [0.15, 0.2) is 18.2 Å². The minimum atomic E-state index is -0.433. The molecule has 24 heavy (non-hydrogen) atoms. The Kier molecular flexibility index (Phi) is 6.15. The molecule has 0 aliphatic carbocycles. The minimum absolute atomic E-state index is 0. The number of carbonyl (C=O) groups excluding carboxylic acids is 1. The molecule has 1 atom stereocenters. The van der Waals surface area contributed by atoms with Crippen LogP contribution in [0.3, 0.4) is 0 Å². The van der Waals surface area contributed by atoms with Crippen molar-refractivity contribution in [1.29, 1.82) is 0 Å². The number of hydrogen-bond acceptors (Lipinski definition) is 5.